The van der Waals surface area contributed by atoms with Crippen molar-refractivity contribution < 1.29 is 9.53 Å². The second kappa shape index (κ2) is 8.80. The summed E-state index contributed by atoms with van der Waals surface area (Å²) in [6.45, 7) is 9.63. The SMILES string of the molecule is CN1CCN(C(=O)N2CCc3sc(OCCCN4CCCC4)cc3C2)CC1. The Morgan fingerprint density at radius 1 is 1.07 bits per heavy atom. The van der Waals surface area contributed by atoms with Gasteiger partial charge in [0.1, 0.15) is 0 Å². The van der Waals surface area contributed by atoms with Gasteiger partial charge in [0.15, 0.2) is 5.06 Å². The molecular formula is C20H32N4O2S. The number of carbonyl (C=O) groups is 1. The second-order valence-electron chi connectivity index (χ2n) is 8.01. The van der Waals surface area contributed by atoms with Crippen molar-refractivity contribution in [3.05, 3.63) is 16.5 Å². The molecule has 0 N–H and O–H groups in total. The van der Waals surface area contributed by atoms with Crippen molar-refractivity contribution in [2.75, 3.05) is 66.0 Å². The van der Waals surface area contributed by atoms with Crippen molar-refractivity contribution in [1.29, 1.82) is 0 Å². The highest BCUT2D eigenvalue weighted by atomic mass is 32.1. The summed E-state index contributed by atoms with van der Waals surface area (Å²) in [6, 6.07) is 2.37. The van der Waals surface area contributed by atoms with Gasteiger partial charge in [-0.1, -0.05) is 0 Å². The molecule has 0 bridgehead atoms. The fourth-order valence-electron chi connectivity index (χ4n) is 4.21. The minimum atomic E-state index is 0.202. The summed E-state index contributed by atoms with van der Waals surface area (Å²) in [4.78, 5) is 23.0. The number of likely N-dealkylation sites (N-methyl/N-ethyl adjacent to an activating group) is 1. The number of likely N-dealkylation sites (tertiary alicyclic amines) is 1. The average Bonchev–Trinajstić information content (AvgIpc) is 3.34. The van der Waals surface area contributed by atoms with Gasteiger partial charge < -0.3 is 24.3 Å². The largest absolute Gasteiger partial charge is 0.484 e. The number of urea groups is 1. The van der Waals surface area contributed by atoms with Gasteiger partial charge in [-0.2, -0.15) is 0 Å². The molecule has 3 aliphatic heterocycles. The summed E-state index contributed by atoms with van der Waals surface area (Å²) >= 11 is 1.77. The van der Waals surface area contributed by atoms with E-state index in [1.54, 1.807) is 11.3 Å². The quantitative estimate of drug-likeness (QED) is 0.721. The lowest BCUT2D eigenvalue weighted by Crippen LogP contribution is -2.52. The van der Waals surface area contributed by atoms with Crippen LogP contribution >= 0.6 is 11.3 Å². The first-order chi connectivity index (χ1) is 13.2. The predicted octanol–water partition coefficient (Wildman–Crippen LogP) is 2.34. The maximum Gasteiger partial charge on any atom is 0.320 e. The summed E-state index contributed by atoms with van der Waals surface area (Å²) in [6.07, 6.45) is 4.75. The van der Waals surface area contributed by atoms with E-state index in [9.17, 15) is 4.79 Å². The molecule has 7 heteroatoms. The lowest BCUT2D eigenvalue weighted by atomic mass is 10.1. The monoisotopic (exact) mass is 392 g/mol. The molecule has 27 heavy (non-hydrogen) atoms. The van der Waals surface area contributed by atoms with E-state index in [2.05, 4.69) is 22.9 Å². The van der Waals surface area contributed by atoms with Crippen molar-refractivity contribution >= 4 is 17.4 Å². The Morgan fingerprint density at radius 3 is 2.63 bits per heavy atom. The molecule has 4 heterocycles. The molecule has 1 aromatic heterocycles. The van der Waals surface area contributed by atoms with Crippen molar-refractivity contribution in [2.24, 2.45) is 0 Å². The number of fused-ring (bicyclic) bond motifs is 1. The minimum absolute atomic E-state index is 0.202. The number of amides is 2. The Kier molecular flexibility index (Phi) is 6.20. The number of hydrogen-bond donors (Lipinski definition) is 0. The lowest BCUT2D eigenvalue weighted by Gasteiger charge is -2.37. The Hall–Kier alpha value is -1.31. The van der Waals surface area contributed by atoms with Crippen LogP contribution in [0, 0.1) is 0 Å². The van der Waals surface area contributed by atoms with Gasteiger partial charge in [-0.15, -0.1) is 11.3 Å². The smallest absolute Gasteiger partial charge is 0.320 e. The van der Waals surface area contributed by atoms with E-state index in [0.717, 1.165) is 70.3 Å². The molecule has 1 aromatic rings. The maximum atomic E-state index is 12.8. The van der Waals surface area contributed by atoms with E-state index in [1.807, 2.05) is 9.80 Å². The number of hydrogen-bond acceptors (Lipinski definition) is 5. The van der Waals surface area contributed by atoms with E-state index in [1.165, 1.54) is 36.4 Å². The van der Waals surface area contributed by atoms with Crippen LogP contribution in [0.4, 0.5) is 4.79 Å². The van der Waals surface area contributed by atoms with Crippen LogP contribution in [-0.4, -0.2) is 91.6 Å². The number of nitrogens with zero attached hydrogens (tertiary/aromatic N) is 4. The molecule has 2 amide bonds. The molecule has 6 nitrogen and oxygen atoms in total. The first-order valence-corrected chi connectivity index (χ1v) is 11.2. The molecule has 150 valence electrons. The van der Waals surface area contributed by atoms with Gasteiger partial charge in [0, 0.05) is 50.7 Å². The zero-order chi connectivity index (χ0) is 18.6. The van der Waals surface area contributed by atoms with Crippen molar-refractivity contribution in [1.82, 2.24) is 19.6 Å². The zero-order valence-corrected chi connectivity index (χ0v) is 17.3. The van der Waals surface area contributed by atoms with Crippen LogP contribution in [0.5, 0.6) is 5.06 Å². The molecule has 0 spiro atoms. The van der Waals surface area contributed by atoms with Gasteiger partial charge in [-0.25, -0.2) is 4.79 Å². The van der Waals surface area contributed by atoms with Crippen LogP contribution in [0.25, 0.3) is 0 Å². The first-order valence-electron chi connectivity index (χ1n) is 10.4. The fraction of sp³-hybridized carbons (Fsp3) is 0.750. The Balaban J connectivity index is 1.25. The highest BCUT2D eigenvalue weighted by Gasteiger charge is 2.28. The van der Waals surface area contributed by atoms with Crippen LogP contribution in [0.15, 0.2) is 6.07 Å². The molecule has 3 aliphatic rings. The van der Waals surface area contributed by atoms with E-state index in [0.29, 0.717) is 0 Å². The van der Waals surface area contributed by atoms with Crippen molar-refractivity contribution in [3.63, 3.8) is 0 Å². The summed E-state index contributed by atoms with van der Waals surface area (Å²) in [5.74, 6) is 0. The molecule has 0 radical (unpaired) electrons. The number of ether oxygens (including phenoxy) is 1. The average molecular weight is 393 g/mol. The van der Waals surface area contributed by atoms with E-state index < -0.39 is 0 Å². The van der Waals surface area contributed by atoms with Crippen LogP contribution < -0.4 is 4.74 Å². The van der Waals surface area contributed by atoms with Crippen LogP contribution in [-0.2, 0) is 13.0 Å². The molecule has 0 aromatic carbocycles. The summed E-state index contributed by atoms with van der Waals surface area (Å²) in [7, 11) is 2.12. The maximum absolute atomic E-state index is 12.8. The predicted molar refractivity (Wildman–Crippen MR) is 109 cm³/mol. The molecule has 4 rings (SSSR count). The Bertz CT molecular complexity index is 636. The normalized spacial score (nSPS) is 21.5. The van der Waals surface area contributed by atoms with Gasteiger partial charge in [0.2, 0.25) is 0 Å². The highest BCUT2D eigenvalue weighted by molar-refractivity contribution is 7.14. The Labute approximate surface area is 166 Å². The van der Waals surface area contributed by atoms with Gasteiger partial charge in [-0.3, -0.25) is 0 Å². The second-order valence-corrected chi connectivity index (χ2v) is 9.11. The van der Waals surface area contributed by atoms with Crippen molar-refractivity contribution in [3.8, 4) is 5.06 Å². The number of rotatable bonds is 5. The van der Waals surface area contributed by atoms with Gasteiger partial charge >= 0.3 is 6.03 Å². The van der Waals surface area contributed by atoms with Gasteiger partial charge in [0.25, 0.3) is 0 Å². The third-order valence-electron chi connectivity index (χ3n) is 5.95. The highest BCUT2D eigenvalue weighted by Crippen LogP contribution is 2.33. The minimum Gasteiger partial charge on any atom is -0.484 e. The standard InChI is InChI=1S/C20H32N4O2S/c1-21-10-12-23(13-11-21)20(25)24-9-5-18-17(16-24)15-19(27-18)26-14-4-8-22-6-2-3-7-22/h15H,2-14,16H2,1H3. The van der Waals surface area contributed by atoms with E-state index in [-0.39, 0.29) is 6.03 Å². The van der Waals surface area contributed by atoms with E-state index >= 15 is 0 Å². The van der Waals surface area contributed by atoms with E-state index in [4.69, 9.17) is 4.74 Å². The Morgan fingerprint density at radius 2 is 1.85 bits per heavy atom. The van der Waals surface area contributed by atoms with Gasteiger partial charge in [0.05, 0.1) is 6.61 Å². The number of piperazine rings is 1. The molecule has 0 saturated carbocycles. The molecular weight excluding hydrogens is 360 g/mol. The summed E-state index contributed by atoms with van der Waals surface area (Å²) < 4.78 is 6.01. The third-order valence-corrected chi connectivity index (χ3v) is 7.10. The third kappa shape index (κ3) is 4.76. The molecule has 0 unspecified atom stereocenters. The van der Waals surface area contributed by atoms with Gasteiger partial charge in [-0.05, 0) is 57.5 Å². The fourth-order valence-corrected chi connectivity index (χ4v) is 5.24. The molecule has 0 atom stereocenters. The van der Waals surface area contributed by atoms with Crippen molar-refractivity contribution in [2.45, 2.75) is 32.2 Å². The van der Waals surface area contributed by atoms with Crippen LogP contribution in [0.1, 0.15) is 29.7 Å². The number of thiophene rings is 1. The first kappa shape index (κ1) is 19.0. The zero-order valence-electron chi connectivity index (χ0n) is 16.5. The molecule has 0 aliphatic carbocycles. The summed E-state index contributed by atoms with van der Waals surface area (Å²) in [5, 5.41) is 1.02. The molecule has 2 saturated heterocycles. The van der Waals surface area contributed by atoms with Crippen LogP contribution in [0.3, 0.4) is 0 Å². The lowest BCUT2D eigenvalue weighted by molar-refractivity contribution is 0.119. The van der Waals surface area contributed by atoms with Crippen LogP contribution in [0.2, 0.25) is 0 Å². The summed E-state index contributed by atoms with van der Waals surface area (Å²) in [5.41, 5.74) is 1.28. The molecule has 2 fully saturated rings. The number of carbonyl (C=O) groups excluding carboxylic acids is 1. The topological polar surface area (TPSA) is 39.3 Å².